The predicted octanol–water partition coefficient (Wildman–Crippen LogP) is 3.85. The monoisotopic (exact) mass is 365 g/mol. The number of halogens is 2. The first-order chi connectivity index (χ1) is 11.2. The minimum Gasteiger partial charge on any atom is -0.465 e. The molecular formula is C17H17Cl2N3O2. The van der Waals surface area contributed by atoms with Gasteiger partial charge in [0, 0.05) is 17.8 Å². The molecule has 3 aromatic rings. The molecule has 7 heteroatoms. The van der Waals surface area contributed by atoms with Crippen molar-refractivity contribution in [3.8, 4) is 0 Å². The Labute approximate surface area is 151 Å². The molecule has 1 atom stereocenters. The molecule has 0 fully saturated rings. The summed E-state index contributed by atoms with van der Waals surface area (Å²) in [5.74, 6) is -0.749. The van der Waals surface area contributed by atoms with E-state index in [0.717, 1.165) is 16.7 Å². The molecular weight excluding hydrogens is 349 g/mol. The Hall–Kier alpha value is -2.11. The number of hydrogen-bond donors (Lipinski definition) is 0. The van der Waals surface area contributed by atoms with Gasteiger partial charge in [-0.2, -0.15) is 0 Å². The van der Waals surface area contributed by atoms with Crippen LogP contribution >= 0.6 is 24.0 Å². The number of pyridine rings is 1. The molecule has 3 rings (SSSR count). The van der Waals surface area contributed by atoms with E-state index < -0.39 is 5.92 Å². The summed E-state index contributed by atoms with van der Waals surface area (Å²) >= 11 is 6.06. The Morgan fingerprint density at radius 1 is 1.29 bits per heavy atom. The highest BCUT2D eigenvalue weighted by atomic mass is 35.5. The van der Waals surface area contributed by atoms with Crippen molar-refractivity contribution >= 4 is 41.1 Å². The number of hydrogen-bond acceptors (Lipinski definition) is 4. The smallest absolute Gasteiger partial charge is 0.315 e. The lowest BCUT2D eigenvalue weighted by Gasteiger charge is -2.17. The first kappa shape index (κ1) is 18.2. The number of nitrogens with zero attached hydrogens (tertiary/aromatic N) is 3. The zero-order chi connectivity index (χ0) is 16.2. The molecule has 0 saturated carbocycles. The zero-order valence-corrected chi connectivity index (χ0v) is 14.6. The summed E-state index contributed by atoms with van der Waals surface area (Å²) in [6, 6.07) is 11.0. The molecule has 2 heterocycles. The summed E-state index contributed by atoms with van der Waals surface area (Å²) in [6.45, 7) is 2.52. The van der Waals surface area contributed by atoms with Crippen LogP contribution in [0.2, 0.25) is 5.02 Å². The van der Waals surface area contributed by atoms with E-state index in [0.29, 0.717) is 18.2 Å². The molecule has 0 radical (unpaired) electrons. The number of ether oxygens (including phenoxy) is 1. The first-order valence-electron chi connectivity index (χ1n) is 7.37. The van der Waals surface area contributed by atoms with Crippen LogP contribution in [-0.2, 0) is 16.1 Å². The number of carbonyl (C=O) groups is 1. The molecule has 0 saturated heterocycles. The summed E-state index contributed by atoms with van der Waals surface area (Å²) in [4.78, 5) is 21.0. The van der Waals surface area contributed by atoms with Gasteiger partial charge >= 0.3 is 5.97 Å². The summed E-state index contributed by atoms with van der Waals surface area (Å²) in [5.41, 5.74) is 2.35. The zero-order valence-electron chi connectivity index (χ0n) is 13.1. The summed E-state index contributed by atoms with van der Waals surface area (Å²) < 4.78 is 7.08. The molecule has 2 aromatic heterocycles. The van der Waals surface area contributed by atoms with E-state index in [1.54, 1.807) is 31.6 Å². The lowest BCUT2D eigenvalue weighted by Crippen LogP contribution is -2.21. The van der Waals surface area contributed by atoms with Gasteiger partial charge in [-0.25, -0.2) is 9.97 Å². The maximum Gasteiger partial charge on any atom is 0.315 e. The quantitative estimate of drug-likeness (QED) is 0.644. The Kier molecular flexibility index (Phi) is 6.17. The third-order valence-corrected chi connectivity index (χ3v) is 3.81. The lowest BCUT2D eigenvalue weighted by molar-refractivity contribution is -0.145. The third-order valence-electron chi connectivity index (χ3n) is 3.58. The summed E-state index contributed by atoms with van der Waals surface area (Å²) in [6.07, 6.45) is 3.40. The average molecular weight is 366 g/mol. The Bertz CT molecular complexity index is 835. The van der Waals surface area contributed by atoms with Crippen LogP contribution in [0.3, 0.4) is 0 Å². The van der Waals surface area contributed by atoms with Crippen molar-refractivity contribution in [1.82, 2.24) is 14.5 Å². The largest absolute Gasteiger partial charge is 0.465 e. The standard InChI is InChI=1S/C17H16ClN3O2.ClH/c1-2-23-17(22)14(12-5-3-6-13(18)9-12)10-21-11-20-15-7-4-8-19-16(15)21;/h3-9,11,14H,2,10H2,1H3;1H. The number of fused-ring (bicyclic) bond motifs is 1. The van der Waals surface area contributed by atoms with Crippen molar-refractivity contribution in [2.45, 2.75) is 19.4 Å². The molecule has 126 valence electrons. The molecule has 24 heavy (non-hydrogen) atoms. The van der Waals surface area contributed by atoms with Gasteiger partial charge in [-0.3, -0.25) is 4.79 Å². The molecule has 1 aromatic carbocycles. The Balaban J connectivity index is 0.00000208. The van der Waals surface area contributed by atoms with Gasteiger partial charge in [0.25, 0.3) is 0 Å². The van der Waals surface area contributed by atoms with Crippen LogP contribution in [0.15, 0.2) is 48.9 Å². The summed E-state index contributed by atoms with van der Waals surface area (Å²) in [7, 11) is 0. The fourth-order valence-corrected chi connectivity index (χ4v) is 2.71. The van der Waals surface area contributed by atoms with Crippen molar-refractivity contribution in [2.75, 3.05) is 6.61 Å². The molecule has 0 spiro atoms. The van der Waals surface area contributed by atoms with Crippen LogP contribution in [0.25, 0.3) is 11.2 Å². The minimum atomic E-state index is -0.465. The third kappa shape index (κ3) is 3.86. The van der Waals surface area contributed by atoms with Crippen molar-refractivity contribution in [2.24, 2.45) is 0 Å². The number of imidazole rings is 1. The van der Waals surface area contributed by atoms with Crippen LogP contribution in [0.1, 0.15) is 18.4 Å². The number of aromatic nitrogens is 3. The molecule has 5 nitrogen and oxygen atoms in total. The van der Waals surface area contributed by atoms with Crippen LogP contribution in [0, 0.1) is 0 Å². The van der Waals surface area contributed by atoms with Crippen LogP contribution in [0.5, 0.6) is 0 Å². The lowest BCUT2D eigenvalue weighted by atomic mass is 9.99. The summed E-state index contributed by atoms with van der Waals surface area (Å²) in [5, 5.41) is 0.588. The van der Waals surface area contributed by atoms with Gasteiger partial charge in [0.2, 0.25) is 0 Å². The van der Waals surface area contributed by atoms with Gasteiger partial charge in [-0.05, 0) is 36.8 Å². The number of rotatable bonds is 5. The second-order valence-corrected chi connectivity index (χ2v) is 5.54. The van der Waals surface area contributed by atoms with Gasteiger partial charge in [0.05, 0.1) is 18.9 Å². The molecule has 0 N–H and O–H groups in total. The van der Waals surface area contributed by atoms with E-state index >= 15 is 0 Å². The second kappa shape index (κ2) is 8.13. The number of benzene rings is 1. The highest BCUT2D eigenvalue weighted by Crippen LogP contribution is 2.24. The normalized spacial score (nSPS) is 11.8. The van der Waals surface area contributed by atoms with Crippen LogP contribution in [-0.4, -0.2) is 27.1 Å². The average Bonchev–Trinajstić information content (AvgIpc) is 2.96. The fraction of sp³-hybridized carbons (Fsp3) is 0.235. The molecule has 0 bridgehead atoms. The van der Waals surface area contributed by atoms with Gasteiger partial charge in [-0.15, -0.1) is 12.4 Å². The Morgan fingerprint density at radius 3 is 2.88 bits per heavy atom. The minimum absolute atomic E-state index is 0. The topological polar surface area (TPSA) is 57.0 Å². The van der Waals surface area contributed by atoms with Crippen LogP contribution in [0.4, 0.5) is 0 Å². The maximum absolute atomic E-state index is 12.4. The maximum atomic E-state index is 12.4. The second-order valence-electron chi connectivity index (χ2n) is 5.10. The van der Waals surface area contributed by atoms with E-state index in [2.05, 4.69) is 9.97 Å². The number of esters is 1. The van der Waals surface area contributed by atoms with Crippen molar-refractivity contribution < 1.29 is 9.53 Å². The number of carbonyl (C=O) groups excluding carboxylic acids is 1. The van der Waals surface area contributed by atoms with E-state index in [4.69, 9.17) is 16.3 Å². The van der Waals surface area contributed by atoms with Crippen molar-refractivity contribution in [3.05, 3.63) is 59.5 Å². The van der Waals surface area contributed by atoms with Crippen molar-refractivity contribution in [1.29, 1.82) is 0 Å². The fourth-order valence-electron chi connectivity index (χ4n) is 2.51. The highest BCUT2D eigenvalue weighted by molar-refractivity contribution is 6.30. The first-order valence-corrected chi connectivity index (χ1v) is 7.74. The molecule has 0 aliphatic rings. The molecule has 0 aliphatic heterocycles. The molecule has 0 amide bonds. The van der Waals surface area contributed by atoms with Gasteiger partial charge in [0.1, 0.15) is 5.52 Å². The SMILES string of the molecule is CCOC(=O)C(Cn1cnc2cccnc21)c1cccc(Cl)c1.Cl. The van der Waals surface area contributed by atoms with E-state index in [-0.39, 0.29) is 18.4 Å². The molecule has 1 unspecified atom stereocenters. The van der Waals surface area contributed by atoms with Crippen LogP contribution < -0.4 is 0 Å². The highest BCUT2D eigenvalue weighted by Gasteiger charge is 2.23. The van der Waals surface area contributed by atoms with Gasteiger partial charge in [-0.1, -0.05) is 23.7 Å². The van der Waals surface area contributed by atoms with E-state index in [1.165, 1.54) is 0 Å². The predicted molar refractivity (Wildman–Crippen MR) is 95.6 cm³/mol. The van der Waals surface area contributed by atoms with Gasteiger partial charge < -0.3 is 9.30 Å². The van der Waals surface area contributed by atoms with E-state index in [1.807, 2.05) is 28.8 Å². The molecule has 0 aliphatic carbocycles. The van der Waals surface area contributed by atoms with Gasteiger partial charge in [0.15, 0.2) is 5.65 Å². The Morgan fingerprint density at radius 2 is 2.12 bits per heavy atom. The van der Waals surface area contributed by atoms with Crippen molar-refractivity contribution in [3.63, 3.8) is 0 Å². The van der Waals surface area contributed by atoms with E-state index in [9.17, 15) is 4.79 Å².